The van der Waals surface area contributed by atoms with E-state index in [1.807, 2.05) is 30.3 Å². The maximum atomic E-state index is 12.1. The van der Waals surface area contributed by atoms with Crippen molar-refractivity contribution in [3.63, 3.8) is 0 Å². The molecular weight excluding hydrogens is 244 g/mol. The van der Waals surface area contributed by atoms with Gasteiger partial charge in [-0.15, -0.1) is 0 Å². The Balaban J connectivity index is 2.39. The molecule has 0 spiro atoms. The molecule has 0 bridgehead atoms. The second kappa shape index (κ2) is 5.19. The van der Waals surface area contributed by atoms with Crippen LogP contribution in [0.4, 0.5) is 0 Å². The number of sulfone groups is 1. The lowest BCUT2D eigenvalue weighted by Gasteiger charge is -2.03. The van der Waals surface area contributed by atoms with Crippen LogP contribution in [-0.4, -0.2) is 8.42 Å². The molecule has 0 N–H and O–H groups in total. The largest absolute Gasteiger partial charge is 0.219 e. The lowest BCUT2D eigenvalue weighted by atomic mass is 10.1. The summed E-state index contributed by atoms with van der Waals surface area (Å²) in [5.41, 5.74) is 1.65. The fourth-order valence-electron chi connectivity index (χ4n) is 1.68. The van der Waals surface area contributed by atoms with Crippen molar-refractivity contribution < 1.29 is 8.42 Å². The van der Waals surface area contributed by atoms with Crippen LogP contribution in [0.5, 0.6) is 0 Å². The molecule has 0 radical (unpaired) electrons. The van der Waals surface area contributed by atoms with Gasteiger partial charge >= 0.3 is 0 Å². The highest BCUT2D eigenvalue weighted by atomic mass is 32.2. The first kappa shape index (κ1) is 12.6. The summed E-state index contributed by atoms with van der Waals surface area (Å²) in [7, 11) is -3.37. The van der Waals surface area contributed by atoms with Gasteiger partial charge in [0.05, 0.1) is 4.90 Å². The van der Waals surface area contributed by atoms with E-state index in [2.05, 4.69) is 0 Å². The van der Waals surface area contributed by atoms with Crippen LogP contribution in [0.1, 0.15) is 12.5 Å². The van der Waals surface area contributed by atoms with Crippen molar-refractivity contribution in [1.82, 2.24) is 0 Å². The molecule has 0 heterocycles. The molecule has 0 atom stereocenters. The van der Waals surface area contributed by atoms with Gasteiger partial charge in [0.1, 0.15) is 0 Å². The minimum atomic E-state index is -3.37. The summed E-state index contributed by atoms with van der Waals surface area (Å²) in [5.74, 6) is 0. The van der Waals surface area contributed by atoms with Crippen LogP contribution in [0.2, 0.25) is 0 Å². The van der Waals surface area contributed by atoms with Crippen molar-refractivity contribution >= 4 is 15.4 Å². The average molecular weight is 258 g/mol. The van der Waals surface area contributed by atoms with Gasteiger partial charge in [-0.2, -0.15) is 0 Å². The van der Waals surface area contributed by atoms with Gasteiger partial charge in [0.2, 0.25) is 0 Å². The lowest BCUT2D eigenvalue weighted by molar-refractivity contribution is 0.604. The summed E-state index contributed by atoms with van der Waals surface area (Å²) in [6, 6.07) is 17.9. The van der Waals surface area contributed by atoms with E-state index in [1.165, 1.54) is 5.41 Å². The third-order valence-electron chi connectivity index (χ3n) is 2.63. The third-order valence-corrected chi connectivity index (χ3v) is 4.23. The molecule has 3 heteroatoms. The fraction of sp³-hybridized carbons (Fsp3) is 0.0667. The summed E-state index contributed by atoms with van der Waals surface area (Å²) in [6.07, 6.45) is 0. The molecule has 0 aromatic heterocycles. The van der Waals surface area contributed by atoms with Crippen molar-refractivity contribution in [2.75, 3.05) is 0 Å². The van der Waals surface area contributed by atoms with Gasteiger partial charge in [-0.3, -0.25) is 0 Å². The number of hydrogen-bond donors (Lipinski definition) is 0. The van der Waals surface area contributed by atoms with Crippen molar-refractivity contribution in [1.29, 1.82) is 0 Å². The first-order valence-corrected chi connectivity index (χ1v) is 7.18. The Labute approximate surface area is 108 Å². The van der Waals surface area contributed by atoms with Crippen molar-refractivity contribution in [3.05, 3.63) is 71.6 Å². The number of benzene rings is 2. The highest BCUT2D eigenvalue weighted by Gasteiger charge is 2.11. The van der Waals surface area contributed by atoms with Crippen LogP contribution in [0.15, 0.2) is 71.0 Å². The molecule has 2 aromatic carbocycles. The van der Waals surface area contributed by atoms with Crippen LogP contribution in [0.25, 0.3) is 5.57 Å². The molecule has 0 amide bonds. The first-order valence-electron chi connectivity index (χ1n) is 5.63. The molecule has 2 rings (SSSR count). The van der Waals surface area contributed by atoms with Gasteiger partial charge in [-0.1, -0.05) is 48.5 Å². The summed E-state index contributed by atoms with van der Waals surface area (Å²) in [6.45, 7) is 1.80. The van der Waals surface area contributed by atoms with E-state index in [1.54, 1.807) is 37.3 Å². The minimum Gasteiger partial charge on any atom is -0.219 e. The number of allylic oxidation sites excluding steroid dienone is 1. The second-order valence-corrected chi connectivity index (χ2v) is 5.82. The van der Waals surface area contributed by atoms with Crippen LogP contribution in [0.3, 0.4) is 0 Å². The Kier molecular flexibility index (Phi) is 3.63. The van der Waals surface area contributed by atoms with Gasteiger partial charge in [-0.25, -0.2) is 8.42 Å². The highest BCUT2D eigenvalue weighted by Crippen LogP contribution is 2.19. The molecule has 0 unspecified atom stereocenters. The highest BCUT2D eigenvalue weighted by molar-refractivity contribution is 7.94. The molecule has 0 saturated carbocycles. The average Bonchev–Trinajstić information content (AvgIpc) is 2.40. The van der Waals surface area contributed by atoms with Crippen molar-refractivity contribution in [2.45, 2.75) is 11.8 Å². The zero-order chi connectivity index (χ0) is 13.0. The predicted octanol–water partition coefficient (Wildman–Crippen LogP) is 3.52. The molecular formula is C15H14O2S. The molecule has 2 aromatic rings. The lowest BCUT2D eigenvalue weighted by Crippen LogP contribution is -1.97. The molecule has 2 nitrogen and oxygen atoms in total. The molecule has 0 fully saturated rings. The summed E-state index contributed by atoms with van der Waals surface area (Å²) in [4.78, 5) is 0.320. The molecule has 92 valence electrons. The van der Waals surface area contributed by atoms with E-state index in [4.69, 9.17) is 0 Å². The minimum absolute atomic E-state index is 0.320. The zero-order valence-corrected chi connectivity index (χ0v) is 10.9. The van der Waals surface area contributed by atoms with E-state index in [0.29, 0.717) is 4.90 Å². The van der Waals surface area contributed by atoms with Gasteiger partial charge in [0.25, 0.3) is 0 Å². The number of rotatable bonds is 3. The van der Waals surface area contributed by atoms with Crippen LogP contribution in [0, 0.1) is 0 Å². The SMILES string of the molecule is C/C(=C\S(=O)(=O)c1ccccc1)c1ccccc1. The van der Waals surface area contributed by atoms with Crippen LogP contribution < -0.4 is 0 Å². The maximum absolute atomic E-state index is 12.1. The normalized spacial score (nSPS) is 12.4. The van der Waals surface area contributed by atoms with Gasteiger partial charge in [0, 0.05) is 5.41 Å². The van der Waals surface area contributed by atoms with Gasteiger partial charge in [-0.05, 0) is 30.2 Å². The monoisotopic (exact) mass is 258 g/mol. The fourth-order valence-corrected chi connectivity index (χ4v) is 2.95. The molecule has 18 heavy (non-hydrogen) atoms. The van der Waals surface area contributed by atoms with E-state index in [0.717, 1.165) is 11.1 Å². The first-order chi connectivity index (χ1) is 8.59. The van der Waals surface area contributed by atoms with Gasteiger partial charge in [0.15, 0.2) is 9.84 Å². The van der Waals surface area contributed by atoms with E-state index in [9.17, 15) is 8.42 Å². The summed E-state index contributed by atoms with van der Waals surface area (Å²) >= 11 is 0. The van der Waals surface area contributed by atoms with E-state index in [-0.39, 0.29) is 0 Å². The molecule has 0 saturated heterocycles. The molecule has 0 aliphatic carbocycles. The Morgan fingerprint density at radius 3 is 1.94 bits per heavy atom. The van der Waals surface area contributed by atoms with E-state index >= 15 is 0 Å². The van der Waals surface area contributed by atoms with E-state index < -0.39 is 9.84 Å². The Bertz CT molecular complexity index is 641. The zero-order valence-electron chi connectivity index (χ0n) is 10.1. The predicted molar refractivity (Wildman–Crippen MR) is 73.7 cm³/mol. The maximum Gasteiger partial charge on any atom is 0.200 e. The smallest absolute Gasteiger partial charge is 0.200 e. The van der Waals surface area contributed by atoms with Crippen molar-refractivity contribution in [3.8, 4) is 0 Å². The quantitative estimate of drug-likeness (QED) is 0.844. The molecule has 0 aliphatic rings. The summed E-state index contributed by atoms with van der Waals surface area (Å²) < 4.78 is 24.3. The number of hydrogen-bond acceptors (Lipinski definition) is 2. The van der Waals surface area contributed by atoms with Gasteiger partial charge < -0.3 is 0 Å². The second-order valence-electron chi connectivity index (χ2n) is 4.02. The Hall–Kier alpha value is -1.87. The standard InChI is InChI=1S/C15H14O2S/c1-13(14-8-4-2-5-9-14)12-18(16,17)15-10-6-3-7-11-15/h2-12H,1H3/b13-12+. The Morgan fingerprint density at radius 2 is 1.39 bits per heavy atom. The third kappa shape index (κ3) is 2.87. The van der Waals surface area contributed by atoms with Crippen molar-refractivity contribution in [2.24, 2.45) is 0 Å². The topological polar surface area (TPSA) is 34.1 Å². The summed E-state index contributed by atoms with van der Waals surface area (Å²) in [5, 5.41) is 1.32. The van der Waals surface area contributed by atoms with Crippen LogP contribution >= 0.6 is 0 Å². The van der Waals surface area contributed by atoms with Crippen LogP contribution in [-0.2, 0) is 9.84 Å². The molecule has 0 aliphatic heterocycles. The Morgan fingerprint density at radius 1 is 0.889 bits per heavy atom.